The molecule has 1 aromatic rings. The number of hydrogen-bond donors (Lipinski definition) is 0. The second kappa shape index (κ2) is 6.59. The minimum Gasteiger partial charge on any atom is -0.363 e. The van der Waals surface area contributed by atoms with Gasteiger partial charge in [0.1, 0.15) is 11.8 Å². The maximum Gasteiger partial charge on any atom is 0.293 e. The number of nitriles is 1. The van der Waals surface area contributed by atoms with Gasteiger partial charge in [-0.2, -0.15) is 5.26 Å². The Kier molecular flexibility index (Phi) is 4.81. The van der Waals surface area contributed by atoms with Crippen LogP contribution < -0.4 is 4.90 Å². The van der Waals surface area contributed by atoms with Gasteiger partial charge in [-0.15, -0.1) is 6.58 Å². The Morgan fingerprint density at radius 2 is 2.33 bits per heavy atom. The van der Waals surface area contributed by atoms with Gasteiger partial charge in [-0.25, -0.2) is 0 Å². The third kappa shape index (κ3) is 3.17. The van der Waals surface area contributed by atoms with E-state index in [1.54, 1.807) is 6.07 Å². The van der Waals surface area contributed by atoms with Crippen LogP contribution in [0.5, 0.6) is 0 Å². The summed E-state index contributed by atoms with van der Waals surface area (Å²) in [5, 5.41) is 20.5. The SMILES string of the molecule is C=CC[C@@H]1CCCCN1c1cc(Cl)c(C#N)cc1[N+](=O)[O-]. The average Bonchev–Trinajstić information content (AvgIpc) is 2.47. The predicted molar refractivity (Wildman–Crippen MR) is 82.6 cm³/mol. The molecule has 0 radical (unpaired) electrons. The fourth-order valence-electron chi connectivity index (χ4n) is 2.77. The third-order valence-corrected chi connectivity index (χ3v) is 4.07. The van der Waals surface area contributed by atoms with Crippen molar-refractivity contribution in [3.8, 4) is 6.07 Å². The fraction of sp³-hybridized carbons (Fsp3) is 0.400. The zero-order chi connectivity index (χ0) is 15.4. The molecule has 0 saturated carbocycles. The molecule has 1 fully saturated rings. The largest absolute Gasteiger partial charge is 0.363 e. The summed E-state index contributed by atoms with van der Waals surface area (Å²) in [6.07, 6.45) is 5.67. The van der Waals surface area contributed by atoms with E-state index in [2.05, 4.69) is 6.58 Å². The highest BCUT2D eigenvalue weighted by molar-refractivity contribution is 6.32. The van der Waals surface area contributed by atoms with Crippen LogP contribution >= 0.6 is 11.6 Å². The van der Waals surface area contributed by atoms with Crippen LogP contribution in [0.2, 0.25) is 5.02 Å². The number of anilines is 1. The Bertz CT molecular complexity index is 610. The molecule has 1 heterocycles. The van der Waals surface area contributed by atoms with Gasteiger partial charge in [0.15, 0.2) is 0 Å². The van der Waals surface area contributed by atoms with Gasteiger partial charge in [-0.1, -0.05) is 17.7 Å². The second-order valence-electron chi connectivity index (χ2n) is 5.06. The maximum absolute atomic E-state index is 11.3. The van der Waals surface area contributed by atoms with Gasteiger partial charge in [-0.05, 0) is 31.7 Å². The van der Waals surface area contributed by atoms with Crippen LogP contribution in [0.1, 0.15) is 31.2 Å². The smallest absolute Gasteiger partial charge is 0.293 e. The lowest BCUT2D eigenvalue weighted by molar-refractivity contribution is -0.384. The highest BCUT2D eigenvalue weighted by Gasteiger charge is 2.28. The number of piperidine rings is 1. The molecule has 0 amide bonds. The zero-order valence-electron chi connectivity index (χ0n) is 11.6. The summed E-state index contributed by atoms with van der Waals surface area (Å²) in [6.45, 7) is 4.51. The van der Waals surface area contributed by atoms with E-state index >= 15 is 0 Å². The number of nitro benzene ring substituents is 1. The van der Waals surface area contributed by atoms with E-state index in [9.17, 15) is 10.1 Å². The van der Waals surface area contributed by atoms with Crippen molar-refractivity contribution in [3.63, 3.8) is 0 Å². The van der Waals surface area contributed by atoms with Crippen molar-refractivity contribution in [1.29, 1.82) is 5.26 Å². The number of halogens is 1. The second-order valence-corrected chi connectivity index (χ2v) is 5.46. The van der Waals surface area contributed by atoms with Gasteiger partial charge in [0.05, 0.1) is 15.5 Å². The normalized spacial score (nSPS) is 18.1. The molecule has 1 aliphatic heterocycles. The molecule has 6 heteroatoms. The quantitative estimate of drug-likeness (QED) is 0.478. The highest BCUT2D eigenvalue weighted by Crippen LogP contribution is 2.37. The summed E-state index contributed by atoms with van der Waals surface area (Å²) in [6, 6.07) is 4.88. The number of rotatable bonds is 4. The van der Waals surface area contributed by atoms with Crippen LogP contribution in [-0.4, -0.2) is 17.5 Å². The van der Waals surface area contributed by atoms with Crippen molar-refractivity contribution in [1.82, 2.24) is 0 Å². The third-order valence-electron chi connectivity index (χ3n) is 3.76. The van der Waals surface area contributed by atoms with Crippen LogP contribution in [0.15, 0.2) is 24.8 Å². The summed E-state index contributed by atoms with van der Waals surface area (Å²) in [4.78, 5) is 12.9. The van der Waals surface area contributed by atoms with E-state index in [0.29, 0.717) is 5.69 Å². The molecule has 1 saturated heterocycles. The maximum atomic E-state index is 11.3. The highest BCUT2D eigenvalue weighted by atomic mass is 35.5. The Labute approximate surface area is 128 Å². The lowest BCUT2D eigenvalue weighted by atomic mass is 9.98. The molecule has 0 spiro atoms. The molecule has 21 heavy (non-hydrogen) atoms. The molecule has 1 aliphatic rings. The summed E-state index contributed by atoms with van der Waals surface area (Å²) in [5.74, 6) is 0. The topological polar surface area (TPSA) is 70.2 Å². The van der Waals surface area contributed by atoms with Gasteiger partial charge in [-0.3, -0.25) is 10.1 Å². The molecular weight excluding hydrogens is 290 g/mol. The number of hydrogen-bond acceptors (Lipinski definition) is 4. The first-order chi connectivity index (χ1) is 10.1. The van der Waals surface area contributed by atoms with Gasteiger partial charge in [0.2, 0.25) is 0 Å². The molecule has 0 unspecified atom stereocenters. The Hall–Kier alpha value is -2.06. The standard InChI is InChI=1S/C15H16ClN3O2/c1-2-5-12-6-3-4-7-18(12)14-9-13(16)11(10-17)8-15(14)19(20)21/h2,8-9,12H,1,3-7H2/t12-/m1/s1. The lowest BCUT2D eigenvalue weighted by Gasteiger charge is -2.36. The monoisotopic (exact) mass is 305 g/mol. The fourth-order valence-corrected chi connectivity index (χ4v) is 2.97. The van der Waals surface area contributed by atoms with Gasteiger partial charge in [0.25, 0.3) is 5.69 Å². The first-order valence-electron chi connectivity index (χ1n) is 6.84. The van der Waals surface area contributed by atoms with Crippen molar-refractivity contribution < 1.29 is 4.92 Å². The first kappa shape index (κ1) is 15.3. The number of nitrogens with zero attached hydrogens (tertiary/aromatic N) is 3. The van der Waals surface area contributed by atoms with Crippen molar-refractivity contribution in [3.05, 3.63) is 45.5 Å². The van der Waals surface area contributed by atoms with E-state index < -0.39 is 4.92 Å². The minimum atomic E-state index is -0.452. The molecule has 5 nitrogen and oxygen atoms in total. The van der Waals surface area contributed by atoms with Crippen LogP contribution in [-0.2, 0) is 0 Å². The summed E-state index contributed by atoms with van der Waals surface area (Å²) in [5.41, 5.74) is 0.562. The van der Waals surface area contributed by atoms with Crippen LogP contribution in [0, 0.1) is 21.4 Å². The lowest BCUT2D eigenvalue weighted by Crippen LogP contribution is -2.39. The molecule has 0 aliphatic carbocycles. The van der Waals surface area contributed by atoms with Crippen LogP contribution in [0.3, 0.4) is 0 Å². The molecule has 110 valence electrons. The summed E-state index contributed by atoms with van der Waals surface area (Å²) < 4.78 is 0. The van der Waals surface area contributed by atoms with E-state index in [1.807, 2.05) is 17.0 Å². The zero-order valence-corrected chi connectivity index (χ0v) is 12.3. The predicted octanol–water partition coefficient (Wildman–Crippen LogP) is 4.05. The van der Waals surface area contributed by atoms with Crippen molar-refractivity contribution >= 4 is 23.0 Å². The first-order valence-corrected chi connectivity index (χ1v) is 7.22. The Morgan fingerprint density at radius 1 is 1.57 bits per heavy atom. The molecule has 0 aromatic heterocycles. The summed E-state index contributed by atoms with van der Waals surface area (Å²) in [7, 11) is 0. The molecule has 0 bridgehead atoms. The van der Waals surface area contributed by atoms with E-state index in [-0.39, 0.29) is 22.3 Å². The van der Waals surface area contributed by atoms with Crippen molar-refractivity contribution in [2.45, 2.75) is 31.7 Å². The Morgan fingerprint density at radius 3 is 2.95 bits per heavy atom. The molecule has 2 rings (SSSR count). The van der Waals surface area contributed by atoms with Gasteiger partial charge >= 0.3 is 0 Å². The molecule has 0 N–H and O–H groups in total. The van der Waals surface area contributed by atoms with E-state index in [1.165, 1.54) is 6.07 Å². The van der Waals surface area contributed by atoms with E-state index in [4.69, 9.17) is 16.9 Å². The minimum absolute atomic E-state index is 0.0630. The van der Waals surface area contributed by atoms with Gasteiger partial charge < -0.3 is 4.90 Å². The molecule has 1 aromatic carbocycles. The number of benzene rings is 1. The van der Waals surface area contributed by atoms with Crippen molar-refractivity contribution in [2.24, 2.45) is 0 Å². The van der Waals surface area contributed by atoms with Gasteiger partial charge in [0, 0.05) is 18.7 Å². The summed E-state index contributed by atoms with van der Waals surface area (Å²) >= 11 is 6.06. The van der Waals surface area contributed by atoms with Crippen molar-refractivity contribution in [2.75, 3.05) is 11.4 Å². The molecular formula is C15H16ClN3O2. The van der Waals surface area contributed by atoms with Crippen LogP contribution in [0.25, 0.3) is 0 Å². The van der Waals surface area contributed by atoms with E-state index in [0.717, 1.165) is 32.2 Å². The number of nitro groups is 1. The Balaban J connectivity index is 2.50. The van der Waals surface area contributed by atoms with Crippen LogP contribution in [0.4, 0.5) is 11.4 Å². The average molecular weight is 306 g/mol. The molecule has 1 atom stereocenters.